The molecule has 1 aromatic rings. The van der Waals surface area contributed by atoms with Crippen LogP contribution in [0.25, 0.3) is 0 Å². The fourth-order valence-corrected chi connectivity index (χ4v) is 1.72. The van der Waals surface area contributed by atoms with Gasteiger partial charge in [-0.2, -0.15) is 0 Å². The van der Waals surface area contributed by atoms with Crippen molar-refractivity contribution in [2.24, 2.45) is 0 Å². The van der Waals surface area contributed by atoms with Crippen molar-refractivity contribution in [2.45, 2.75) is 6.42 Å². The molecule has 0 aromatic heterocycles. The molecule has 0 bridgehead atoms. The second-order valence-corrected chi connectivity index (χ2v) is 4.59. The molecule has 98 valence electrons. The molecule has 0 N–H and O–H groups in total. The topological polar surface area (TPSA) is 83.3 Å². The summed E-state index contributed by atoms with van der Waals surface area (Å²) in [5.41, 5.74) is 2.82. The minimum Gasteiger partial charge on any atom is -0.759 e. The number of fused-ring (bicyclic) bond motifs is 1. The molecule has 0 fully saturated rings. The zero-order chi connectivity index (χ0) is 13.6. The maximum atomic E-state index is 8.52. The normalized spacial score (nSPS) is 13.8. The van der Waals surface area contributed by atoms with Gasteiger partial charge in [-0.05, 0) is 17.7 Å². The lowest BCUT2D eigenvalue weighted by atomic mass is 10.0. The van der Waals surface area contributed by atoms with Crippen LogP contribution in [0.3, 0.4) is 0 Å². The van der Waals surface area contributed by atoms with Crippen molar-refractivity contribution in [1.29, 1.82) is 0 Å². The Bertz CT molecular complexity index is 547. The third kappa shape index (κ3) is 5.72. The van der Waals surface area contributed by atoms with Gasteiger partial charge in [0, 0.05) is 22.4 Å². The van der Waals surface area contributed by atoms with E-state index in [0.717, 1.165) is 19.5 Å². The average molecular weight is 269 g/mol. The Morgan fingerprint density at radius 3 is 2.61 bits per heavy atom. The molecule has 0 atom stereocenters. The fraction of sp³-hybridized carbons (Fsp3) is 0.250. The zero-order valence-electron chi connectivity index (χ0n) is 10.8. The van der Waals surface area contributed by atoms with Gasteiger partial charge in [-0.25, -0.2) is 4.58 Å². The van der Waals surface area contributed by atoms with Crippen LogP contribution in [-0.4, -0.2) is 41.4 Å². The van der Waals surface area contributed by atoms with Crippen LogP contribution in [0, 0.1) is 0 Å². The van der Waals surface area contributed by atoms with Gasteiger partial charge in [-0.15, -0.1) is 0 Å². The van der Waals surface area contributed by atoms with Crippen LogP contribution in [0.2, 0.25) is 0 Å². The van der Waals surface area contributed by atoms with Gasteiger partial charge in [-0.3, -0.25) is 8.42 Å². The largest absolute Gasteiger partial charge is 1.00 e. The van der Waals surface area contributed by atoms with E-state index in [9.17, 15) is 0 Å². The van der Waals surface area contributed by atoms with Gasteiger partial charge >= 0.3 is 1.43 Å². The van der Waals surface area contributed by atoms with E-state index in [-0.39, 0.29) is 1.43 Å². The van der Waals surface area contributed by atoms with E-state index in [0.29, 0.717) is 0 Å². The van der Waals surface area contributed by atoms with Crippen molar-refractivity contribution >= 4 is 16.6 Å². The molecule has 0 aliphatic carbocycles. The highest BCUT2D eigenvalue weighted by molar-refractivity contribution is 7.79. The molecule has 0 spiro atoms. The lowest BCUT2D eigenvalue weighted by molar-refractivity contribution is -0.513. The van der Waals surface area contributed by atoms with Crippen molar-refractivity contribution in [3.05, 3.63) is 48.0 Å². The Balaban J connectivity index is 0.000000471. The van der Waals surface area contributed by atoms with E-state index < -0.39 is 10.4 Å². The van der Waals surface area contributed by atoms with Gasteiger partial charge in [0.25, 0.3) is 0 Å². The van der Waals surface area contributed by atoms with Crippen LogP contribution < -0.4 is 0 Å². The maximum Gasteiger partial charge on any atom is 1.00 e. The van der Waals surface area contributed by atoms with Gasteiger partial charge in [0.2, 0.25) is 0 Å². The standard InChI is InChI=1S/C12H14N.H2O4S/c1-2-8-13-9-7-11-5-3-4-6-12(11)10-13;1-5(2,3)4/h2-6,10H,1,7-9H2;(H2,1,2,3,4)/q+1;/p-1. The predicted octanol–water partition coefficient (Wildman–Crippen LogP) is 0.635. The summed E-state index contributed by atoms with van der Waals surface area (Å²) in [6, 6.07) is 8.57. The number of hydrogen-bond acceptors (Lipinski definition) is 4. The molecular formula is C12H15NO4S. The summed E-state index contributed by atoms with van der Waals surface area (Å²) in [6.07, 6.45) is 5.32. The SMILES string of the molecule is C=CC[N+]1=Cc2ccccc2CC1.O=S(=O)([O-])[O-].[H+]. The molecule has 0 unspecified atom stereocenters. The first-order chi connectivity index (χ1) is 8.40. The molecular weight excluding hydrogens is 254 g/mol. The van der Waals surface area contributed by atoms with E-state index in [2.05, 4.69) is 41.6 Å². The highest BCUT2D eigenvalue weighted by atomic mass is 32.3. The minimum absolute atomic E-state index is 0. The average Bonchev–Trinajstić information content (AvgIpc) is 2.27. The van der Waals surface area contributed by atoms with Gasteiger partial charge in [-0.1, -0.05) is 24.8 Å². The number of rotatable bonds is 2. The summed E-state index contributed by atoms with van der Waals surface area (Å²) >= 11 is 0. The first-order valence-corrected chi connectivity index (χ1v) is 6.68. The van der Waals surface area contributed by atoms with Crippen LogP contribution in [0.4, 0.5) is 0 Å². The Hall–Kier alpha value is -1.50. The highest BCUT2D eigenvalue weighted by Crippen LogP contribution is 2.10. The van der Waals surface area contributed by atoms with Gasteiger partial charge in [0.05, 0.1) is 0 Å². The molecule has 6 heteroatoms. The van der Waals surface area contributed by atoms with Crippen molar-refractivity contribution in [2.75, 3.05) is 13.1 Å². The number of hydrogen-bond donors (Lipinski definition) is 0. The quantitative estimate of drug-likeness (QED) is 0.341. The first kappa shape index (κ1) is 14.6. The summed E-state index contributed by atoms with van der Waals surface area (Å²) in [5, 5.41) is 0. The predicted molar refractivity (Wildman–Crippen MR) is 67.1 cm³/mol. The van der Waals surface area contributed by atoms with Crippen molar-refractivity contribution < 1.29 is 23.5 Å². The van der Waals surface area contributed by atoms with Crippen molar-refractivity contribution in [3.63, 3.8) is 0 Å². The number of nitrogens with zero attached hydrogens (tertiary/aromatic N) is 1. The van der Waals surface area contributed by atoms with Gasteiger partial charge < -0.3 is 9.11 Å². The van der Waals surface area contributed by atoms with Crippen LogP contribution >= 0.6 is 0 Å². The molecule has 1 aromatic carbocycles. The molecule has 0 radical (unpaired) electrons. The zero-order valence-corrected chi connectivity index (χ0v) is 10.6. The second kappa shape index (κ2) is 6.44. The second-order valence-electron chi connectivity index (χ2n) is 3.77. The van der Waals surface area contributed by atoms with Crippen LogP contribution in [0.1, 0.15) is 12.6 Å². The summed E-state index contributed by atoms with van der Waals surface area (Å²) < 4.78 is 36.4. The summed E-state index contributed by atoms with van der Waals surface area (Å²) in [7, 11) is -5.17. The Morgan fingerprint density at radius 2 is 2.00 bits per heavy atom. The maximum absolute atomic E-state index is 8.52. The summed E-state index contributed by atoms with van der Waals surface area (Å²) in [5.74, 6) is 0. The van der Waals surface area contributed by atoms with E-state index in [1.807, 2.05) is 6.08 Å². The van der Waals surface area contributed by atoms with Crippen LogP contribution in [0.5, 0.6) is 0 Å². The molecule has 5 nitrogen and oxygen atoms in total. The summed E-state index contributed by atoms with van der Waals surface area (Å²) in [6.45, 7) is 5.82. The first-order valence-electron chi connectivity index (χ1n) is 5.34. The molecule has 0 saturated carbocycles. The number of benzene rings is 1. The minimum atomic E-state index is -5.17. The Labute approximate surface area is 108 Å². The highest BCUT2D eigenvalue weighted by Gasteiger charge is 2.12. The smallest absolute Gasteiger partial charge is 0.759 e. The van der Waals surface area contributed by atoms with E-state index in [1.54, 1.807) is 0 Å². The van der Waals surface area contributed by atoms with Gasteiger partial charge in [0.1, 0.15) is 6.54 Å². The van der Waals surface area contributed by atoms with Crippen LogP contribution in [0.15, 0.2) is 36.9 Å². The third-order valence-electron chi connectivity index (χ3n) is 2.41. The lowest BCUT2D eigenvalue weighted by Crippen LogP contribution is -2.22. The van der Waals surface area contributed by atoms with Crippen molar-refractivity contribution in [1.82, 2.24) is 0 Å². The van der Waals surface area contributed by atoms with E-state index in [4.69, 9.17) is 17.5 Å². The lowest BCUT2D eigenvalue weighted by Gasteiger charge is -2.10. The van der Waals surface area contributed by atoms with Gasteiger partial charge in [0.15, 0.2) is 12.8 Å². The Kier molecular flexibility index (Phi) is 5.21. The molecule has 1 heterocycles. The van der Waals surface area contributed by atoms with Crippen LogP contribution in [-0.2, 0) is 16.8 Å². The summed E-state index contributed by atoms with van der Waals surface area (Å²) in [4.78, 5) is 0. The molecule has 1 aliphatic rings. The monoisotopic (exact) mass is 269 g/mol. The van der Waals surface area contributed by atoms with E-state index >= 15 is 0 Å². The molecule has 1 aliphatic heterocycles. The Morgan fingerprint density at radius 1 is 1.39 bits per heavy atom. The fourth-order valence-electron chi connectivity index (χ4n) is 1.72. The molecule has 2 rings (SSSR count). The van der Waals surface area contributed by atoms with Crippen molar-refractivity contribution in [3.8, 4) is 0 Å². The molecule has 18 heavy (non-hydrogen) atoms. The van der Waals surface area contributed by atoms with E-state index in [1.165, 1.54) is 11.1 Å². The third-order valence-corrected chi connectivity index (χ3v) is 2.41. The molecule has 0 saturated heterocycles. The molecule has 0 amide bonds.